The molecular weight excluding hydrogens is 278 g/mol. The van der Waals surface area contributed by atoms with Crippen LogP contribution >= 0.6 is 0 Å². The summed E-state index contributed by atoms with van der Waals surface area (Å²) in [5.74, 6) is 3.86. The summed E-state index contributed by atoms with van der Waals surface area (Å²) in [6.45, 7) is 5.93. The molecule has 0 amide bonds. The minimum Gasteiger partial charge on any atom is -0.426 e. The lowest BCUT2D eigenvalue weighted by atomic mass is 10.0. The molecule has 0 aromatic carbocycles. The first-order valence-electron chi connectivity index (χ1n) is 8.02. The monoisotopic (exact) mass is 301 g/mol. The second-order valence-corrected chi connectivity index (χ2v) is 6.10. The van der Waals surface area contributed by atoms with Gasteiger partial charge in [-0.05, 0) is 32.1 Å². The topological polar surface area (TPSA) is 76.7 Å². The Labute approximate surface area is 130 Å². The number of aromatic nitrogens is 4. The highest BCUT2D eigenvalue weighted by Crippen LogP contribution is 2.30. The molecular formula is C16H23N5O. The molecule has 3 rings (SSSR count). The fourth-order valence-electron chi connectivity index (χ4n) is 3.13. The predicted molar refractivity (Wildman–Crippen MR) is 83.6 cm³/mol. The van der Waals surface area contributed by atoms with Crippen molar-refractivity contribution < 1.29 is 4.42 Å². The number of hydrogen-bond donors (Lipinski definition) is 1. The van der Waals surface area contributed by atoms with Crippen LogP contribution in [0.5, 0.6) is 0 Å². The number of rotatable bonds is 5. The van der Waals surface area contributed by atoms with E-state index in [-0.39, 0.29) is 0 Å². The molecule has 6 nitrogen and oxygen atoms in total. The van der Waals surface area contributed by atoms with Crippen molar-refractivity contribution in [2.45, 2.75) is 58.9 Å². The summed E-state index contributed by atoms with van der Waals surface area (Å²) in [4.78, 5) is 8.99. The van der Waals surface area contributed by atoms with E-state index >= 15 is 0 Å². The molecule has 1 saturated carbocycles. The van der Waals surface area contributed by atoms with Crippen LogP contribution in [-0.2, 0) is 12.8 Å². The summed E-state index contributed by atoms with van der Waals surface area (Å²) in [5.41, 5.74) is 1.02. The maximum Gasteiger partial charge on any atom is 0.216 e. The zero-order chi connectivity index (χ0) is 15.5. The van der Waals surface area contributed by atoms with Crippen LogP contribution < -0.4 is 5.32 Å². The quantitative estimate of drug-likeness (QED) is 0.915. The fourth-order valence-corrected chi connectivity index (χ4v) is 3.13. The Morgan fingerprint density at radius 3 is 2.82 bits per heavy atom. The average molecular weight is 301 g/mol. The second kappa shape index (κ2) is 6.42. The number of anilines is 1. The van der Waals surface area contributed by atoms with Crippen LogP contribution in [0.2, 0.25) is 0 Å². The SMILES string of the molecule is CCc1nc(C)cc(N[C@H]2CC[C@@H](Cc3nnc(C)o3)C2)n1. The van der Waals surface area contributed by atoms with Gasteiger partial charge in [-0.15, -0.1) is 10.2 Å². The van der Waals surface area contributed by atoms with Crippen LogP contribution in [0, 0.1) is 19.8 Å². The highest BCUT2D eigenvalue weighted by molar-refractivity contribution is 5.37. The lowest BCUT2D eigenvalue weighted by Crippen LogP contribution is -2.17. The molecule has 6 heteroatoms. The van der Waals surface area contributed by atoms with Gasteiger partial charge in [-0.1, -0.05) is 6.92 Å². The number of aryl methyl sites for hydroxylation is 3. The Balaban J connectivity index is 1.57. The van der Waals surface area contributed by atoms with Gasteiger partial charge in [0.2, 0.25) is 11.8 Å². The highest BCUT2D eigenvalue weighted by atomic mass is 16.4. The first kappa shape index (κ1) is 14.9. The first-order chi connectivity index (χ1) is 10.6. The van der Waals surface area contributed by atoms with Gasteiger partial charge in [0, 0.05) is 37.6 Å². The summed E-state index contributed by atoms with van der Waals surface area (Å²) in [5, 5.41) is 11.5. The van der Waals surface area contributed by atoms with Crippen LogP contribution in [0.3, 0.4) is 0 Å². The molecule has 2 atom stereocenters. The van der Waals surface area contributed by atoms with Gasteiger partial charge >= 0.3 is 0 Å². The molecule has 1 aliphatic carbocycles. The lowest BCUT2D eigenvalue weighted by Gasteiger charge is -2.14. The summed E-state index contributed by atoms with van der Waals surface area (Å²) in [7, 11) is 0. The van der Waals surface area contributed by atoms with E-state index in [0.29, 0.717) is 17.9 Å². The van der Waals surface area contributed by atoms with E-state index in [2.05, 4.69) is 32.4 Å². The summed E-state index contributed by atoms with van der Waals surface area (Å²) in [6.07, 6.45) is 5.19. The molecule has 0 radical (unpaired) electrons. The van der Waals surface area contributed by atoms with E-state index in [1.54, 1.807) is 0 Å². The Bertz CT molecular complexity index is 639. The Kier molecular flexibility index (Phi) is 4.36. The Morgan fingerprint density at radius 2 is 2.09 bits per heavy atom. The minimum atomic E-state index is 0.466. The number of nitrogens with one attached hydrogen (secondary N) is 1. The average Bonchev–Trinajstić information content (AvgIpc) is 3.08. The van der Waals surface area contributed by atoms with Crippen molar-refractivity contribution in [1.29, 1.82) is 0 Å². The molecule has 0 unspecified atom stereocenters. The van der Waals surface area contributed by atoms with Crippen LogP contribution in [0.25, 0.3) is 0 Å². The maximum atomic E-state index is 5.48. The molecule has 1 N–H and O–H groups in total. The van der Waals surface area contributed by atoms with Crippen molar-refractivity contribution in [1.82, 2.24) is 20.2 Å². The molecule has 0 aliphatic heterocycles. The summed E-state index contributed by atoms with van der Waals surface area (Å²) >= 11 is 0. The van der Waals surface area contributed by atoms with Gasteiger partial charge in [0.25, 0.3) is 0 Å². The smallest absolute Gasteiger partial charge is 0.216 e. The zero-order valence-electron chi connectivity index (χ0n) is 13.5. The number of hydrogen-bond acceptors (Lipinski definition) is 6. The van der Waals surface area contributed by atoms with Crippen LogP contribution in [-0.4, -0.2) is 26.2 Å². The Hall–Kier alpha value is -1.98. The Morgan fingerprint density at radius 1 is 1.23 bits per heavy atom. The van der Waals surface area contributed by atoms with Crippen molar-refractivity contribution in [2.24, 2.45) is 5.92 Å². The van der Waals surface area contributed by atoms with Gasteiger partial charge in [-0.2, -0.15) is 0 Å². The van der Waals surface area contributed by atoms with Gasteiger partial charge in [-0.25, -0.2) is 9.97 Å². The van der Waals surface area contributed by atoms with Gasteiger partial charge in [0.15, 0.2) is 0 Å². The third kappa shape index (κ3) is 3.61. The molecule has 22 heavy (non-hydrogen) atoms. The van der Waals surface area contributed by atoms with Crippen molar-refractivity contribution in [3.63, 3.8) is 0 Å². The number of nitrogens with zero attached hydrogens (tertiary/aromatic N) is 4. The molecule has 2 heterocycles. The first-order valence-corrected chi connectivity index (χ1v) is 8.02. The van der Waals surface area contributed by atoms with Crippen LogP contribution in [0.15, 0.2) is 10.5 Å². The van der Waals surface area contributed by atoms with Crippen LogP contribution in [0.4, 0.5) is 5.82 Å². The largest absolute Gasteiger partial charge is 0.426 e. The van der Waals surface area contributed by atoms with E-state index < -0.39 is 0 Å². The fraction of sp³-hybridized carbons (Fsp3) is 0.625. The van der Waals surface area contributed by atoms with Crippen molar-refractivity contribution >= 4 is 5.82 Å². The minimum absolute atomic E-state index is 0.466. The normalized spacial score (nSPS) is 21.2. The third-order valence-corrected chi connectivity index (χ3v) is 4.14. The predicted octanol–water partition coefficient (Wildman–Crippen LogP) is 2.86. The molecule has 0 saturated heterocycles. The lowest BCUT2D eigenvalue weighted by molar-refractivity contribution is 0.416. The zero-order valence-corrected chi connectivity index (χ0v) is 13.5. The second-order valence-electron chi connectivity index (χ2n) is 6.10. The summed E-state index contributed by atoms with van der Waals surface area (Å²) < 4.78 is 5.48. The van der Waals surface area contributed by atoms with Gasteiger partial charge in [-0.3, -0.25) is 0 Å². The van der Waals surface area contributed by atoms with E-state index in [1.165, 1.54) is 6.42 Å². The van der Waals surface area contributed by atoms with E-state index in [4.69, 9.17) is 4.42 Å². The summed E-state index contributed by atoms with van der Waals surface area (Å²) in [6, 6.07) is 2.49. The van der Waals surface area contributed by atoms with Crippen molar-refractivity contribution in [2.75, 3.05) is 5.32 Å². The van der Waals surface area contributed by atoms with E-state index in [0.717, 1.165) is 48.9 Å². The molecule has 1 fully saturated rings. The third-order valence-electron chi connectivity index (χ3n) is 4.14. The molecule has 2 aromatic rings. The van der Waals surface area contributed by atoms with Gasteiger partial charge in [0.1, 0.15) is 11.6 Å². The maximum absolute atomic E-state index is 5.48. The van der Waals surface area contributed by atoms with Crippen molar-refractivity contribution in [3.05, 3.63) is 29.4 Å². The molecule has 118 valence electrons. The van der Waals surface area contributed by atoms with Gasteiger partial charge < -0.3 is 9.73 Å². The standard InChI is InChI=1S/C16H23N5O/c1-4-14-17-10(2)7-15(19-14)18-13-6-5-12(8-13)9-16-21-20-11(3)22-16/h7,12-13H,4-6,8-9H2,1-3H3,(H,17,18,19)/t12-,13+/m1/s1. The van der Waals surface area contributed by atoms with Crippen molar-refractivity contribution in [3.8, 4) is 0 Å². The van der Waals surface area contributed by atoms with E-state index in [1.807, 2.05) is 19.9 Å². The molecule has 0 bridgehead atoms. The van der Waals surface area contributed by atoms with Gasteiger partial charge in [0.05, 0.1) is 0 Å². The van der Waals surface area contributed by atoms with Crippen LogP contribution in [0.1, 0.15) is 49.5 Å². The molecule has 2 aromatic heterocycles. The van der Waals surface area contributed by atoms with E-state index in [9.17, 15) is 0 Å². The highest BCUT2D eigenvalue weighted by Gasteiger charge is 2.26. The molecule has 1 aliphatic rings. The molecule has 0 spiro atoms.